The summed E-state index contributed by atoms with van der Waals surface area (Å²) >= 11 is 8.27. The lowest BCUT2D eigenvalue weighted by atomic mass is 10.0. The van der Waals surface area contributed by atoms with Gasteiger partial charge in [0.25, 0.3) is 0 Å². The molecule has 1 aromatic heterocycles. The first-order chi connectivity index (χ1) is 8.45. The van der Waals surface area contributed by atoms with Gasteiger partial charge in [0, 0.05) is 23.3 Å². The minimum absolute atomic E-state index is 0.427. The summed E-state index contributed by atoms with van der Waals surface area (Å²) in [6.45, 7) is 3.12. The summed E-state index contributed by atoms with van der Waals surface area (Å²) in [5.74, 6) is 0.427. The van der Waals surface area contributed by atoms with Gasteiger partial charge in [-0.2, -0.15) is 4.31 Å². The van der Waals surface area contributed by atoms with E-state index < -0.39 is 10.0 Å². The van der Waals surface area contributed by atoms with Crippen LogP contribution in [0, 0.1) is 12.8 Å². The smallest absolute Gasteiger partial charge is 0.207 e. The van der Waals surface area contributed by atoms with Gasteiger partial charge in [0.15, 0.2) is 0 Å². The summed E-state index contributed by atoms with van der Waals surface area (Å²) in [6.07, 6.45) is 2.05. The fourth-order valence-corrected chi connectivity index (χ4v) is 6.66. The molecule has 0 amide bonds. The first kappa shape index (κ1) is 15.0. The Morgan fingerprint density at radius 2 is 2.28 bits per heavy atom. The lowest BCUT2D eigenvalue weighted by Crippen LogP contribution is -2.40. The maximum absolute atomic E-state index is 12.6. The van der Waals surface area contributed by atoms with Crippen molar-refractivity contribution in [2.45, 2.75) is 24.7 Å². The zero-order chi connectivity index (χ0) is 13.3. The zero-order valence-electron chi connectivity index (χ0n) is 10.0. The highest BCUT2D eigenvalue weighted by Gasteiger charge is 2.31. The molecule has 1 aromatic rings. The van der Waals surface area contributed by atoms with Crippen molar-refractivity contribution in [3.63, 3.8) is 0 Å². The average Bonchev–Trinajstić information content (AvgIpc) is 2.69. The van der Waals surface area contributed by atoms with Crippen LogP contribution in [-0.4, -0.2) is 31.1 Å². The molecular formula is C11H15Br2NO2S2. The fraction of sp³-hybridized carbons (Fsp3) is 0.636. The quantitative estimate of drug-likeness (QED) is 0.705. The summed E-state index contributed by atoms with van der Waals surface area (Å²) < 4.78 is 27.7. The van der Waals surface area contributed by atoms with E-state index in [9.17, 15) is 8.42 Å². The highest BCUT2D eigenvalue weighted by atomic mass is 79.9. The van der Waals surface area contributed by atoms with E-state index in [1.807, 2.05) is 6.92 Å². The summed E-state index contributed by atoms with van der Waals surface area (Å²) in [7, 11) is -3.32. The molecule has 0 aliphatic carbocycles. The number of aryl methyl sites for hydroxylation is 1. The summed E-state index contributed by atoms with van der Waals surface area (Å²) in [5.41, 5.74) is 0. The molecule has 2 heterocycles. The van der Waals surface area contributed by atoms with Crippen LogP contribution in [0.4, 0.5) is 0 Å². The predicted octanol–water partition coefficient (Wildman–Crippen LogP) is 3.61. The molecule has 18 heavy (non-hydrogen) atoms. The second-order valence-corrected chi connectivity index (χ2v) is 9.69. The Hall–Kier alpha value is 0.570. The average molecular weight is 417 g/mol. The number of thiophene rings is 1. The fourth-order valence-electron chi connectivity index (χ4n) is 2.20. The van der Waals surface area contributed by atoms with E-state index in [0.717, 1.165) is 26.8 Å². The zero-order valence-corrected chi connectivity index (χ0v) is 14.8. The summed E-state index contributed by atoms with van der Waals surface area (Å²) in [5, 5.41) is 0.866. The minimum Gasteiger partial charge on any atom is -0.207 e. The van der Waals surface area contributed by atoms with Gasteiger partial charge in [-0.15, -0.1) is 11.3 Å². The van der Waals surface area contributed by atoms with Crippen LogP contribution in [0.5, 0.6) is 0 Å². The van der Waals surface area contributed by atoms with Gasteiger partial charge in [0.05, 0.1) is 8.68 Å². The normalized spacial score (nSPS) is 22.3. The van der Waals surface area contributed by atoms with Crippen LogP contribution >= 0.6 is 43.2 Å². The molecule has 0 spiro atoms. The number of rotatable bonds is 3. The Balaban J connectivity index is 2.28. The maximum Gasteiger partial charge on any atom is 0.244 e. The molecule has 1 aliphatic heterocycles. The molecule has 0 saturated carbocycles. The molecule has 0 N–H and O–H groups in total. The largest absolute Gasteiger partial charge is 0.244 e. The van der Waals surface area contributed by atoms with Crippen LogP contribution in [0.3, 0.4) is 0 Å². The van der Waals surface area contributed by atoms with Crippen LogP contribution in [0.25, 0.3) is 0 Å². The molecule has 2 rings (SSSR count). The molecule has 1 fully saturated rings. The van der Waals surface area contributed by atoms with E-state index in [4.69, 9.17) is 0 Å². The number of piperidine rings is 1. The second kappa shape index (κ2) is 5.91. The Bertz CT molecular complexity index is 527. The third-order valence-corrected chi connectivity index (χ3v) is 7.75. The third kappa shape index (κ3) is 3.00. The van der Waals surface area contributed by atoms with Gasteiger partial charge >= 0.3 is 0 Å². The first-order valence-electron chi connectivity index (χ1n) is 5.77. The molecule has 1 saturated heterocycles. The van der Waals surface area contributed by atoms with E-state index in [0.29, 0.717) is 23.9 Å². The van der Waals surface area contributed by atoms with Crippen LogP contribution in [0.2, 0.25) is 0 Å². The van der Waals surface area contributed by atoms with Crippen LogP contribution in [0.1, 0.15) is 17.7 Å². The monoisotopic (exact) mass is 415 g/mol. The second-order valence-electron chi connectivity index (χ2n) is 4.50. The first-order valence-corrected chi connectivity index (χ1v) is 9.94. The van der Waals surface area contributed by atoms with Crippen molar-refractivity contribution >= 4 is 53.2 Å². The van der Waals surface area contributed by atoms with Crippen LogP contribution in [0.15, 0.2) is 14.7 Å². The van der Waals surface area contributed by atoms with Crippen molar-refractivity contribution in [2.75, 3.05) is 18.4 Å². The summed E-state index contributed by atoms with van der Waals surface area (Å²) in [6, 6.07) is 1.72. The SMILES string of the molecule is Cc1sc(Br)cc1S(=O)(=O)N1CCCC(CBr)C1. The van der Waals surface area contributed by atoms with Gasteiger partial charge in [-0.05, 0) is 47.7 Å². The molecule has 0 radical (unpaired) electrons. The van der Waals surface area contributed by atoms with Crippen molar-refractivity contribution in [3.8, 4) is 0 Å². The van der Waals surface area contributed by atoms with Gasteiger partial charge < -0.3 is 0 Å². The Morgan fingerprint density at radius 1 is 1.56 bits per heavy atom. The standard InChI is InChI=1S/C11H15Br2NO2S2/c1-8-10(5-11(13)17-8)18(15,16)14-4-2-3-9(6-12)7-14/h5,9H,2-4,6-7H2,1H3. The molecule has 0 aromatic carbocycles. The van der Waals surface area contributed by atoms with Crippen molar-refractivity contribution in [3.05, 3.63) is 14.7 Å². The van der Waals surface area contributed by atoms with Crippen molar-refractivity contribution in [2.24, 2.45) is 5.92 Å². The van der Waals surface area contributed by atoms with E-state index in [1.54, 1.807) is 10.4 Å². The third-order valence-electron chi connectivity index (χ3n) is 3.16. The van der Waals surface area contributed by atoms with Crippen molar-refractivity contribution in [1.82, 2.24) is 4.31 Å². The van der Waals surface area contributed by atoms with Gasteiger partial charge in [0.1, 0.15) is 0 Å². The van der Waals surface area contributed by atoms with Crippen molar-refractivity contribution in [1.29, 1.82) is 0 Å². The van der Waals surface area contributed by atoms with E-state index >= 15 is 0 Å². The van der Waals surface area contributed by atoms with Crippen LogP contribution < -0.4 is 0 Å². The van der Waals surface area contributed by atoms with Crippen molar-refractivity contribution < 1.29 is 8.42 Å². The number of hydrogen-bond donors (Lipinski definition) is 0. The van der Waals surface area contributed by atoms with Gasteiger partial charge in [0.2, 0.25) is 10.0 Å². The molecule has 1 atom stereocenters. The number of sulfonamides is 1. The molecule has 7 heteroatoms. The molecule has 102 valence electrons. The number of nitrogens with zero attached hydrogens (tertiary/aromatic N) is 1. The molecule has 0 bridgehead atoms. The Kier molecular flexibility index (Phi) is 4.91. The lowest BCUT2D eigenvalue weighted by Gasteiger charge is -2.30. The molecule has 1 unspecified atom stereocenters. The van der Waals surface area contributed by atoms with Gasteiger partial charge in [-0.25, -0.2) is 8.42 Å². The van der Waals surface area contributed by atoms with E-state index in [1.165, 1.54) is 11.3 Å². The van der Waals surface area contributed by atoms with Gasteiger partial charge in [-0.1, -0.05) is 15.9 Å². The minimum atomic E-state index is -3.32. The Labute approximate surface area is 129 Å². The van der Waals surface area contributed by atoms with E-state index in [-0.39, 0.29) is 0 Å². The number of hydrogen-bond acceptors (Lipinski definition) is 3. The van der Waals surface area contributed by atoms with Gasteiger partial charge in [-0.3, -0.25) is 0 Å². The van der Waals surface area contributed by atoms with E-state index in [2.05, 4.69) is 31.9 Å². The number of alkyl halides is 1. The maximum atomic E-state index is 12.6. The summed E-state index contributed by atoms with van der Waals surface area (Å²) in [4.78, 5) is 1.30. The topological polar surface area (TPSA) is 37.4 Å². The van der Waals surface area contributed by atoms with Crippen LogP contribution in [-0.2, 0) is 10.0 Å². The lowest BCUT2D eigenvalue weighted by molar-refractivity contribution is 0.285. The molecule has 3 nitrogen and oxygen atoms in total. The highest BCUT2D eigenvalue weighted by Crippen LogP contribution is 2.33. The molecular weight excluding hydrogens is 402 g/mol. The molecule has 1 aliphatic rings. The Morgan fingerprint density at radius 3 is 2.83 bits per heavy atom. The predicted molar refractivity (Wildman–Crippen MR) is 82.0 cm³/mol. The highest BCUT2D eigenvalue weighted by molar-refractivity contribution is 9.11. The number of halogens is 2.